The summed E-state index contributed by atoms with van der Waals surface area (Å²) in [6.07, 6.45) is 1.51. The van der Waals surface area contributed by atoms with Crippen molar-refractivity contribution in [2.75, 3.05) is 26.7 Å². The molecule has 1 N–H and O–H groups in total. The van der Waals surface area contributed by atoms with Crippen molar-refractivity contribution in [3.8, 4) is 5.75 Å². The van der Waals surface area contributed by atoms with Gasteiger partial charge < -0.3 is 15.0 Å². The summed E-state index contributed by atoms with van der Waals surface area (Å²) in [6, 6.07) is 7.07. The molecule has 0 aromatic heterocycles. The molecule has 1 fully saturated rings. The summed E-state index contributed by atoms with van der Waals surface area (Å²) in [5, 5.41) is 2.80. The maximum Gasteiger partial charge on any atom is 0.255 e. The molecule has 2 atom stereocenters. The lowest BCUT2D eigenvalue weighted by molar-refractivity contribution is -0.133. The van der Waals surface area contributed by atoms with Crippen LogP contribution in [0.15, 0.2) is 24.3 Å². The summed E-state index contributed by atoms with van der Waals surface area (Å²) in [6.45, 7) is 6.35. The Morgan fingerprint density at radius 2 is 1.87 bits per heavy atom. The second-order valence-corrected chi connectivity index (χ2v) is 6.45. The number of amides is 2. The lowest BCUT2D eigenvalue weighted by Crippen LogP contribution is -2.43. The molecule has 0 bridgehead atoms. The molecule has 1 aromatic rings. The lowest BCUT2D eigenvalue weighted by Gasteiger charge is -2.35. The van der Waals surface area contributed by atoms with Crippen LogP contribution in [-0.4, -0.2) is 43.5 Å². The molecular weight excluding hydrogens is 292 g/mol. The summed E-state index contributed by atoms with van der Waals surface area (Å²) in [7, 11) is 1.54. The summed E-state index contributed by atoms with van der Waals surface area (Å²) < 4.78 is 5.18. The minimum absolute atomic E-state index is 0.115. The summed E-state index contributed by atoms with van der Waals surface area (Å²) in [4.78, 5) is 26.4. The number of nitrogens with one attached hydrogen (secondary N) is 1. The van der Waals surface area contributed by atoms with Gasteiger partial charge in [-0.1, -0.05) is 26.0 Å². The highest BCUT2D eigenvalue weighted by atomic mass is 16.5. The van der Waals surface area contributed by atoms with E-state index >= 15 is 0 Å². The van der Waals surface area contributed by atoms with Crippen LogP contribution in [0.5, 0.6) is 5.75 Å². The van der Waals surface area contributed by atoms with Crippen LogP contribution in [0.25, 0.3) is 0 Å². The Morgan fingerprint density at radius 1 is 1.22 bits per heavy atom. The molecule has 0 radical (unpaired) electrons. The lowest BCUT2D eigenvalue weighted by atomic mass is 9.92. The zero-order valence-corrected chi connectivity index (χ0v) is 14.2. The van der Waals surface area contributed by atoms with E-state index in [9.17, 15) is 9.59 Å². The largest absolute Gasteiger partial charge is 0.496 e. The van der Waals surface area contributed by atoms with Gasteiger partial charge in [0.15, 0.2) is 0 Å². The average Bonchev–Trinajstić information content (AvgIpc) is 2.53. The molecule has 1 saturated heterocycles. The number of methoxy groups -OCH3 is 1. The Hall–Kier alpha value is -2.04. The number of nitrogens with zero attached hydrogens (tertiary/aromatic N) is 1. The van der Waals surface area contributed by atoms with E-state index in [1.165, 1.54) is 13.5 Å². The number of piperidine rings is 1. The van der Waals surface area contributed by atoms with E-state index < -0.39 is 0 Å². The van der Waals surface area contributed by atoms with E-state index in [-0.39, 0.29) is 11.8 Å². The number of carbonyl (C=O) groups is 2. The van der Waals surface area contributed by atoms with Crippen molar-refractivity contribution in [1.29, 1.82) is 0 Å². The fourth-order valence-electron chi connectivity index (χ4n) is 3.24. The van der Waals surface area contributed by atoms with Crippen LogP contribution >= 0.6 is 0 Å². The number of ether oxygens (including phenoxy) is 1. The van der Waals surface area contributed by atoms with Crippen molar-refractivity contribution in [2.45, 2.75) is 26.7 Å². The molecule has 1 aliphatic rings. The number of carbonyl (C=O) groups excluding carboxylic acids is 2. The Labute approximate surface area is 138 Å². The molecule has 23 heavy (non-hydrogen) atoms. The fourth-order valence-corrected chi connectivity index (χ4v) is 3.24. The number of rotatable bonds is 5. The topological polar surface area (TPSA) is 58.6 Å². The Kier molecular flexibility index (Phi) is 6.02. The van der Waals surface area contributed by atoms with Gasteiger partial charge in [-0.05, 0) is 30.4 Å². The fraction of sp³-hybridized carbons (Fsp3) is 0.556. The Balaban J connectivity index is 1.82. The minimum atomic E-state index is -0.212. The first-order chi connectivity index (χ1) is 11.0. The second-order valence-electron chi connectivity index (χ2n) is 6.45. The molecule has 0 spiro atoms. The molecular formula is C18H26N2O3. The number of benzene rings is 1. The summed E-state index contributed by atoms with van der Waals surface area (Å²) >= 11 is 0. The Morgan fingerprint density at radius 3 is 2.52 bits per heavy atom. The predicted molar refractivity (Wildman–Crippen MR) is 89.5 cm³/mol. The van der Waals surface area contributed by atoms with Crippen molar-refractivity contribution in [3.63, 3.8) is 0 Å². The normalized spacial score (nSPS) is 20.9. The van der Waals surface area contributed by atoms with Crippen molar-refractivity contribution >= 4 is 11.8 Å². The third kappa shape index (κ3) is 4.71. The highest BCUT2D eigenvalue weighted by molar-refractivity contribution is 5.97. The van der Waals surface area contributed by atoms with Crippen LogP contribution in [0, 0.1) is 11.8 Å². The third-order valence-corrected chi connectivity index (χ3v) is 4.20. The van der Waals surface area contributed by atoms with Crippen LogP contribution in [-0.2, 0) is 4.79 Å². The van der Waals surface area contributed by atoms with Gasteiger partial charge in [-0.15, -0.1) is 0 Å². The molecule has 2 rings (SSSR count). The predicted octanol–water partition coefficient (Wildman–Crippen LogP) is 2.32. The SMILES string of the molecule is COc1ccccc1C(=O)NCCC(=O)N1C[C@H](C)C[C@@H](C)C1. The molecule has 5 heteroatoms. The number of hydrogen-bond donors (Lipinski definition) is 1. The minimum Gasteiger partial charge on any atom is -0.496 e. The monoisotopic (exact) mass is 318 g/mol. The van der Waals surface area contributed by atoms with Crippen molar-refractivity contribution in [3.05, 3.63) is 29.8 Å². The van der Waals surface area contributed by atoms with Crippen LogP contribution in [0.1, 0.15) is 37.0 Å². The number of hydrogen-bond acceptors (Lipinski definition) is 3. The first-order valence-electron chi connectivity index (χ1n) is 8.20. The number of likely N-dealkylation sites (tertiary alicyclic amines) is 1. The van der Waals surface area contributed by atoms with Gasteiger partial charge in [0.1, 0.15) is 5.75 Å². The van der Waals surface area contributed by atoms with Crippen molar-refractivity contribution in [2.24, 2.45) is 11.8 Å². The number of para-hydroxylation sites is 1. The second kappa shape index (κ2) is 7.99. The van der Waals surface area contributed by atoms with E-state index in [0.29, 0.717) is 36.1 Å². The van der Waals surface area contributed by atoms with E-state index in [1.54, 1.807) is 18.2 Å². The first kappa shape index (κ1) is 17.3. The van der Waals surface area contributed by atoms with Crippen LogP contribution in [0.4, 0.5) is 0 Å². The van der Waals surface area contributed by atoms with E-state index in [0.717, 1.165) is 13.1 Å². The molecule has 0 unspecified atom stereocenters. The highest BCUT2D eigenvalue weighted by Crippen LogP contribution is 2.21. The van der Waals surface area contributed by atoms with Crippen LogP contribution < -0.4 is 10.1 Å². The van der Waals surface area contributed by atoms with E-state index in [2.05, 4.69) is 19.2 Å². The van der Waals surface area contributed by atoms with Crippen LogP contribution in [0.3, 0.4) is 0 Å². The van der Waals surface area contributed by atoms with Gasteiger partial charge >= 0.3 is 0 Å². The molecule has 126 valence electrons. The summed E-state index contributed by atoms with van der Waals surface area (Å²) in [5.74, 6) is 1.53. The smallest absolute Gasteiger partial charge is 0.255 e. The maximum absolute atomic E-state index is 12.3. The highest BCUT2D eigenvalue weighted by Gasteiger charge is 2.25. The van der Waals surface area contributed by atoms with Gasteiger partial charge in [-0.3, -0.25) is 9.59 Å². The van der Waals surface area contributed by atoms with Gasteiger partial charge in [0, 0.05) is 26.1 Å². The molecule has 0 aliphatic carbocycles. The Bertz CT molecular complexity index is 549. The van der Waals surface area contributed by atoms with Gasteiger partial charge in [-0.25, -0.2) is 0 Å². The molecule has 1 aromatic carbocycles. The molecule has 2 amide bonds. The molecule has 1 aliphatic heterocycles. The van der Waals surface area contributed by atoms with Crippen LogP contribution in [0.2, 0.25) is 0 Å². The molecule has 1 heterocycles. The zero-order valence-electron chi connectivity index (χ0n) is 14.2. The van der Waals surface area contributed by atoms with E-state index in [4.69, 9.17) is 4.74 Å². The zero-order chi connectivity index (χ0) is 16.8. The quantitative estimate of drug-likeness (QED) is 0.906. The third-order valence-electron chi connectivity index (χ3n) is 4.20. The van der Waals surface area contributed by atoms with Crippen molar-refractivity contribution < 1.29 is 14.3 Å². The van der Waals surface area contributed by atoms with E-state index in [1.807, 2.05) is 11.0 Å². The van der Waals surface area contributed by atoms with Gasteiger partial charge in [0.25, 0.3) is 5.91 Å². The maximum atomic E-state index is 12.3. The molecule has 0 saturated carbocycles. The van der Waals surface area contributed by atoms with Gasteiger partial charge in [0.2, 0.25) is 5.91 Å². The summed E-state index contributed by atoms with van der Waals surface area (Å²) in [5.41, 5.74) is 0.489. The average molecular weight is 318 g/mol. The standard InChI is InChI=1S/C18H26N2O3/c1-13-10-14(2)12-20(11-13)17(21)8-9-19-18(22)15-6-4-5-7-16(15)23-3/h4-7,13-14H,8-12H2,1-3H3,(H,19,22)/t13-,14-/m1/s1. The van der Waals surface area contributed by atoms with Crippen molar-refractivity contribution in [1.82, 2.24) is 10.2 Å². The van der Waals surface area contributed by atoms with Gasteiger partial charge in [0.05, 0.1) is 12.7 Å². The molecule has 5 nitrogen and oxygen atoms in total. The van der Waals surface area contributed by atoms with Gasteiger partial charge in [-0.2, -0.15) is 0 Å². The first-order valence-corrected chi connectivity index (χ1v) is 8.20.